The normalized spacial score (nSPS) is 21.5. The summed E-state index contributed by atoms with van der Waals surface area (Å²) in [6.07, 6.45) is 2.95. The van der Waals surface area contributed by atoms with Gasteiger partial charge in [0.1, 0.15) is 23.8 Å². The van der Waals surface area contributed by atoms with Crippen molar-refractivity contribution < 1.29 is 9.50 Å². The molecule has 0 bridgehead atoms. The van der Waals surface area contributed by atoms with E-state index in [2.05, 4.69) is 49.4 Å². The standard InChI is InChI=1S/C24H26FN5O/c25-19-6-3-7-20(12-19)28-23-13-24(27-16-26-23)30-11-9-21(22(31)15-30)29-10-8-17-4-1-2-5-18(17)14-29/h1-7,12-13,16,21-22,31H,8-11,14-15H2,(H,26,27,28). The van der Waals surface area contributed by atoms with E-state index in [9.17, 15) is 9.50 Å². The largest absolute Gasteiger partial charge is 0.390 e. The van der Waals surface area contributed by atoms with Gasteiger partial charge in [-0.1, -0.05) is 30.3 Å². The summed E-state index contributed by atoms with van der Waals surface area (Å²) in [6, 6.07) is 16.8. The third-order valence-electron chi connectivity index (χ3n) is 6.25. The molecule has 2 N–H and O–H groups in total. The van der Waals surface area contributed by atoms with Gasteiger partial charge in [0.2, 0.25) is 0 Å². The number of rotatable bonds is 4. The van der Waals surface area contributed by atoms with Crippen molar-refractivity contribution in [1.29, 1.82) is 0 Å². The van der Waals surface area contributed by atoms with Crippen molar-refractivity contribution in [3.05, 3.63) is 77.9 Å². The van der Waals surface area contributed by atoms with Crippen LogP contribution >= 0.6 is 0 Å². The van der Waals surface area contributed by atoms with Crippen LogP contribution in [0.3, 0.4) is 0 Å². The monoisotopic (exact) mass is 419 g/mol. The molecule has 2 aliphatic rings. The Kier molecular flexibility index (Phi) is 5.53. The van der Waals surface area contributed by atoms with E-state index in [1.807, 2.05) is 6.07 Å². The van der Waals surface area contributed by atoms with Crippen molar-refractivity contribution in [2.45, 2.75) is 31.5 Å². The van der Waals surface area contributed by atoms with Crippen molar-refractivity contribution in [2.24, 2.45) is 0 Å². The Morgan fingerprint density at radius 3 is 2.71 bits per heavy atom. The molecule has 0 radical (unpaired) electrons. The number of halogens is 1. The summed E-state index contributed by atoms with van der Waals surface area (Å²) in [5.74, 6) is 1.06. The summed E-state index contributed by atoms with van der Waals surface area (Å²) in [4.78, 5) is 13.2. The number of β-amino-alcohol motifs (C(OH)–C–C–N with tert-alkyl or cyclic N) is 1. The highest BCUT2D eigenvalue weighted by molar-refractivity contribution is 5.59. The van der Waals surface area contributed by atoms with Crippen molar-refractivity contribution in [2.75, 3.05) is 29.9 Å². The lowest BCUT2D eigenvalue weighted by molar-refractivity contribution is 0.0293. The summed E-state index contributed by atoms with van der Waals surface area (Å²) in [7, 11) is 0. The average molecular weight is 420 g/mol. The quantitative estimate of drug-likeness (QED) is 0.676. The summed E-state index contributed by atoms with van der Waals surface area (Å²) in [5.41, 5.74) is 3.42. The number of anilines is 3. The van der Waals surface area contributed by atoms with Crippen molar-refractivity contribution in [1.82, 2.24) is 14.9 Å². The second-order valence-corrected chi connectivity index (χ2v) is 8.26. The van der Waals surface area contributed by atoms with Crippen LogP contribution in [-0.2, 0) is 13.0 Å². The van der Waals surface area contributed by atoms with Gasteiger partial charge in [0.25, 0.3) is 0 Å². The molecule has 0 spiro atoms. The van der Waals surface area contributed by atoms with Gasteiger partial charge < -0.3 is 15.3 Å². The minimum absolute atomic E-state index is 0.149. The van der Waals surface area contributed by atoms with Crippen LogP contribution in [0.1, 0.15) is 17.5 Å². The number of benzene rings is 2. The molecule has 2 aromatic carbocycles. The highest BCUT2D eigenvalue weighted by Crippen LogP contribution is 2.27. The van der Waals surface area contributed by atoms with E-state index in [0.717, 1.165) is 38.3 Å². The van der Waals surface area contributed by atoms with Crippen LogP contribution in [0.15, 0.2) is 60.9 Å². The molecule has 1 saturated heterocycles. The van der Waals surface area contributed by atoms with E-state index in [1.165, 1.54) is 29.6 Å². The van der Waals surface area contributed by atoms with Crippen LogP contribution < -0.4 is 10.2 Å². The molecule has 1 aromatic heterocycles. The molecule has 0 amide bonds. The van der Waals surface area contributed by atoms with Gasteiger partial charge in [0, 0.05) is 44.0 Å². The van der Waals surface area contributed by atoms with Crippen LogP contribution in [0, 0.1) is 5.82 Å². The Morgan fingerprint density at radius 2 is 1.87 bits per heavy atom. The van der Waals surface area contributed by atoms with E-state index >= 15 is 0 Å². The zero-order valence-electron chi connectivity index (χ0n) is 17.3. The molecule has 0 aliphatic carbocycles. The van der Waals surface area contributed by atoms with Crippen LogP contribution in [0.2, 0.25) is 0 Å². The predicted molar refractivity (Wildman–Crippen MR) is 119 cm³/mol. The first-order valence-corrected chi connectivity index (χ1v) is 10.7. The SMILES string of the molecule is OC1CN(c2cc(Nc3cccc(F)c3)ncn2)CCC1N1CCc2ccccc2C1. The molecule has 160 valence electrons. The van der Waals surface area contributed by atoms with Crippen molar-refractivity contribution in [3.8, 4) is 0 Å². The van der Waals surface area contributed by atoms with Crippen molar-refractivity contribution in [3.63, 3.8) is 0 Å². The maximum absolute atomic E-state index is 13.4. The van der Waals surface area contributed by atoms with Gasteiger partial charge >= 0.3 is 0 Å². The molecule has 6 nitrogen and oxygen atoms in total. The van der Waals surface area contributed by atoms with Crippen molar-refractivity contribution >= 4 is 17.3 Å². The number of piperidine rings is 1. The van der Waals surface area contributed by atoms with Gasteiger partial charge in [-0.15, -0.1) is 0 Å². The lowest BCUT2D eigenvalue weighted by Gasteiger charge is -2.43. The minimum atomic E-state index is -0.450. The molecule has 3 aromatic rings. The number of hydrogen-bond acceptors (Lipinski definition) is 6. The van der Waals surface area contributed by atoms with E-state index in [1.54, 1.807) is 12.1 Å². The van der Waals surface area contributed by atoms with E-state index in [-0.39, 0.29) is 11.9 Å². The second kappa shape index (κ2) is 8.61. The Balaban J connectivity index is 1.25. The zero-order valence-corrected chi connectivity index (χ0v) is 17.3. The van der Waals surface area contributed by atoms with Crippen LogP contribution in [0.5, 0.6) is 0 Å². The fourth-order valence-corrected chi connectivity index (χ4v) is 4.66. The van der Waals surface area contributed by atoms with E-state index in [4.69, 9.17) is 0 Å². The molecule has 2 aliphatic heterocycles. The minimum Gasteiger partial charge on any atom is -0.390 e. The van der Waals surface area contributed by atoms with E-state index in [0.29, 0.717) is 18.1 Å². The number of nitrogens with one attached hydrogen (secondary N) is 1. The molecular weight excluding hydrogens is 393 g/mol. The second-order valence-electron chi connectivity index (χ2n) is 8.26. The molecule has 5 rings (SSSR count). The molecule has 0 saturated carbocycles. The summed E-state index contributed by atoms with van der Waals surface area (Å²) >= 11 is 0. The third kappa shape index (κ3) is 4.38. The Hall–Kier alpha value is -3.03. The lowest BCUT2D eigenvalue weighted by atomic mass is 9.94. The number of fused-ring (bicyclic) bond motifs is 1. The zero-order chi connectivity index (χ0) is 21.2. The number of aromatic nitrogens is 2. The molecule has 2 unspecified atom stereocenters. The summed E-state index contributed by atoms with van der Waals surface area (Å²) in [6.45, 7) is 3.22. The molecule has 3 heterocycles. The molecule has 1 fully saturated rings. The van der Waals surface area contributed by atoms with Gasteiger partial charge in [-0.05, 0) is 42.2 Å². The number of aliphatic hydroxyl groups is 1. The molecular formula is C24H26FN5O. The maximum atomic E-state index is 13.4. The smallest absolute Gasteiger partial charge is 0.135 e. The fourth-order valence-electron chi connectivity index (χ4n) is 4.66. The summed E-state index contributed by atoms with van der Waals surface area (Å²) in [5, 5.41) is 14.1. The Morgan fingerprint density at radius 1 is 1.00 bits per heavy atom. The maximum Gasteiger partial charge on any atom is 0.135 e. The average Bonchev–Trinajstić information content (AvgIpc) is 2.79. The number of hydrogen-bond donors (Lipinski definition) is 2. The topological polar surface area (TPSA) is 64.5 Å². The first-order valence-electron chi connectivity index (χ1n) is 10.7. The third-order valence-corrected chi connectivity index (χ3v) is 6.25. The van der Waals surface area contributed by atoms with Crippen LogP contribution in [-0.4, -0.2) is 51.8 Å². The van der Waals surface area contributed by atoms with Crippen LogP contribution in [0.4, 0.5) is 21.7 Å². The Labute approximate surface area is 181 Å². The van der Waals surface area contributed by atoms with Gasteiger partial charge in [-0.2, -0.15) is 0 Å². The van der Waals surface area contributed by atoms with Crippen LogP contribution in [0.25, 0.3) is 0 Å². The predicted octanol–water partition coefficient (Wildman–Crippen LogP) is 3.36. The van der Waals surface area contributed by atoms with Gasteiger partial charge in [-0.25, -0.2) is 14.4 Å². The number of aliphatic hydroxyl groups excluding tert-OH is 1. The lowest BCUT2D eigenvalue weighted by Crippen LogP contribution is -2.55. The highest BCUT2D eigenvalue weighted by atomic mass is 19.1. The molecule has 7 heteroatoms. The Bertz CT molecular complexity index is 1060. The summed E-state index contributed by atoms with van der Waals surface area (Å²) < 4.78 is 13.4. The molecule has 31 heavy (non-hydrogen) atoms. The van der Waals surface area contributed by atoms with Gasteiger partial charge in [0.05, 0.1) is 6.10 Å². The van der Waals surface area contributed by atoms with Gasteiger partial charge in [-0.3, -0.25) is 4.90 Å². The fraction of sp³-hybridized carbons (Fsp3) is 0.333. The molecule has 2 atom stereocenters. The first-order chi connectivity index (χ1) is 15.2. The number of nitrogens with zero attached hydrogens (tertiary/aromatic N) is 4. The van der Waals surface area contributed by atoms with E-state index < -0.39 is 6.10 Å². The highest BCUT2D eigenvalue weighted by Gasteiger charge is 2.34. The van der Waals surface area contributed by atoms with Gasteiger partial charge in [0.15, 0.2) is 0 Å². The first kappa shape index (κ1) is 19.9.